The second-order valence-electron chi connectivity index (χ2n) is 4.35. The summed E-state index contributed by atoms with van der Waals surface area (Å²) < 4.78 is 0. The van der Waals surface area contributed by atoms with Gasteiger partial charge in [0.1, 0.15) is 5.69 Å². The molecule has 1 aromatic rings. The minimum absolute atomic E-state index is 0.0959. The number of aliphatic hydroxyl groups is 1. The van der Waals surface area contributed by atoms with E-state index >= 15 is 0 Å². The second kappa shape index (κ2) is 4.22. The molecule has 1 N–H and O–H groups in total. The predicted molar refractivity (Wildman–Crippen MR) is 60.0 cm³/mol. The zero-order chi connectivity index (χ0) is 11.6. The lowest BCUT2D eigenvalue weighted by molar-refractivity contribution is -0.0861. The molecule has 1 aromatic heterocycles. The van der Waals surface area contributed by atoms with Crippen LogP contribution in [0.1, 0.15) is 30.3 Å². The highest BCUT2D eigenvalue weighted by molar-refractivity contribution is 5.93. The topological polar surface area (TPSA) is 53.4 Å². The molecule has 0 bridgehead atoms. The number of amides is 1. The zero-order valence-electron chi connectivity index (χ0n) is 9.39. The summed E-state index contributed by atoms with van der Waals surface area (Å²) in [4.78, 5) is 17.5. The highest BCUT2D eigenvalue weighted by Gasteiger charge is 2.43. The average molecular weight is 220 g/mol. The average Bonchev–Trinajstić information content (AvgIpc) is 2.26. The Bertz CT molecular complexity index is 372. The summed E-state index contributed by atoms with van der Waals surface area (Å²) in [6.07, 6.45) is 3.28. The highest BCUT2D eigenvalue weighted by atomic mass is 16.3. The Labute approximate surface area is 94.9 Å². The SMILES string of the molecule is CCCC1(O)CN(C(=O)c2ccccn2)C1. The fourth-order valence-corrected chi connectivity index (χ4v) is 2.08. The van der Waals surface area contributed by atoms with Crippen molar-refractivity contribution < 1.29 is 9.90 Å². The third-order valence-electron chi connectivity index (χ3n) is 2.86. The van der Waals surface area contributed by atoms with E-state index in [9.17, 15) is 9.90 Å². The van der Waals surface area contributed by atoms with Crippen LogP contribution in [0.25, 0.3) is 0 Å². The molecule has 4 nitrogen and oxygen atoms in total. The lowest BCUT2D eigenvalue weighted by atomic mass is 9.89. The number of carbonyl (C=O) groups is 1. The van der Waals surface area contributed by atoms with Gasteiger partial charge < -0.3 is 10.0 Å². The van der Waals surface area contributed by atoms with Gasteiger partial charge >= 0.3 is 0 Å². The molecule has 1 fully saturated rings. The Hall–Kier alpha value is -1.42. The summed E-state index contributed by atoms with van der Waals surface area (Å²) in [6, 6.07) is 5.26. The Balaban J connectivity index is 1.96. The van der Waals surface area contributed by atoms with Gasteiger partial charge in [-0.25, -0.2) is 0 Å². The summed E-state index contributed by atoms with van der Waals surface area (Å²) in [7, 11) is 0. The molecule has 1 amide bonds. The van der Waals surface area contributed by atoms with Gasteiger partial charge in [-0.15, -0.1) is 0 Å². The van der Waals surface area contributed by atoms with E-state index in [2.05, 4.69) is 4.98 Å². The van der Waals surface area contributed by atoms with Gasteiger partial charge in [-0.05, 0) is 18.6 Å². The lowest BCUT2D eigenvalue weighted by Crippen LogP contribution is -2.63. The van der Waals surface area contributed by atoms with E-state index in [1.54, 1.807) is 29.3 Å². The van der Waals surface area contributed by atoms with E-state index in [1.807, 2.05) is 6.92 Å². The van der Waals surface area contributed by atoms with Crippen LogP contribution in [0.2, 0.25) is 0 Å². The zero-order valence-corrected chi connectivity index (χ0v) is 9.39. The van der Waals surface area contributed by atoms with Crippen LogP contribution in [0, 0.1) is 0 Å². The molecule has 0 atom stereocenters. The summed E-state index contributed by atoms with van der Waals surface area (Å²) in [6.45, 7) is 2.88. The summed E-state index contributed by atoms with van der Waals surface area (Å²) >= 11 is 0. The van der Waals surface area contributed by atoms with Crippen LogP contribution in [0.3, 0.4) is 0 Å². The molecule has 16 heavy (non-hydrogen) atoms. The van der Waals surface area contributed by atoms with Crippen LogP contribution in [0.5, 0.6) is 0 Å². The van der Waals surface area contributed by atoms with Crippen LogP contribution in [-0.4, -0.2) is 39.6 Å². The molecule has 1 aliphatic heterocycles. The largest absolute Gasteiger partial charge is 0.386 e. The maximum Gasteiger partial charge on any atom is 0.272 e. The number of likely N-dealkylation sites (tertiary alicyclic amines) is 1. The first kappa shape index (κ1) is 11.1. The monoisotopic (exact) mass is 220 g/mol. The van der Waals surface area contributed by atoms with Crippen LogP contribution in [-0.2, 0) is 0 Å². The van der Waals surface area contributed by atoms with Crippen molar-refractivity contribution in [3.05, 3.63) is 30.1 Å². The maximum absolute atomic E-state index is 11.9. The number of carbonyl (C=O) groups excluding carboxylic acids is 1. The van der Waals surface area contributed by atoms with Gasteiger partial charge in [-0.3, -0.25) is 9.78 Å². The van der Waals surface area contributed by atoms with Crippen LogP contribution in [0.4, 0.5) is 0 Å². The Morgan fingerprint density at radius 2 is 2.31 bits per heavy atom. The number of hydrogen-bond donors (Lipinski definition) is 1. The van der Waals surface area contributed by atoms with E-state index < -0.39 is 5.60 Å². The summed E-state index contributed by atoms with van der Waals surface area (Å²) in [5, 5.41) is 9.96. The molecule has 0 aromatic carbocycles. The minimum atomic E-state index is -0.667. The number of β-amino-alcohol motifs (C(OH)–C–C–N with tert-alkyl or cyclic N) is 1. The normalized spacial score (nSPS) is 18.0. The van der Waals surface area contributed by atoms with Crippen LogP contribution >= 0.6 is 0 Å². The van der Waals surface area contributed by atoms with Crippen LogP contribution in [0.15, 0.2) is 24.4 Å². The molecule has 4 heteroatoms. The van der Waals surface area contributed by atoms with Crippen molar-refractivity contribution in [2.75, 3.05) is 13.1 Å². The van der Waals surface area contributed by atoms with Crippen molar-refractivity contribution in [2.45, 2.75) is 25.4 Å². The molecule has 1 saturated heterocycles. The van der Waals surface area contributed by atoms with E-state index in [1.165, 1.54) is 0 Å². The van der Waals surface area contributed by atoms with Crippen LogP contribution < -0.4 is 0 Å². The molecule has 86 valence electrons. The third-order valence-corrected chi connectivity index (χ3v) is 2.86. The molecular formula is C12H16N2O2. The van der Waals surface area contributed by atoms with Gasteiger partial charge in [0, 0.05) is 6.20 Å². The molecule has 2 rings (SSSR count). The van der Waals surface area contributed by atoms with Crippen molar-refractivity contribution >= 4 is 5.91 Å². The van der Waals surface area contributed by atoms with Crippen molar-refractivity contribution in [3.8, 4) is 0 Å². The van der Waals surface area contributed by atoms with E-state index in [0.29, 0.717) is 18.8 Å². The van der Waals surface area contributed by atoms with Crippen molar-refractivity contribution in [1.82, 2.24) is 9.88 Å². The first-order valence-corrected chi connectivity index (χ1v) is 5.57. The van der Waals surface area contributed by atoms with Gasteiger partial charge in [0.2, 0.25) is 0 Å². The molecule has 0 radical (unpaired) electrons. The number of nitrogens with zero attached hydrogens (tertiary/aromatic N) is 2. The fourth-order valence-electron chi connectivity index (χ4n) is 2.08. The Morgan fingerprint density at radius 1 is 1.56 bits per heavy atom. The maximum atomic E-state index is 11.9. The van der Waals surface area contributed by atoms with Crippen molar-refractivity contribution in [3.63, 3.8) is 0 Å². The fraction of sp³-hybridized carbons (Fsp3) is 0.500. The van der Waals surface area contributed by atoms with Gasteiger partial charge in [0.15, 0.2) is 0 Å². The minimum Gasteiger partial charge on any atom is -0.386 e. The highest BCUT2D eigenvalue weighted by Crippen LogP contribution is 2.26. The Morgan fingerprint density at radius 3 is 2.88 bits per heavy atom. The summed E-state index contributed by atoms with van der Waals surface area (Å²) in [5.41, 5.74) is -0.222. The van der Waals surface area contributed by atoms with Gasteiger partial charge in [-0.1, -0.05) is 19.4 Å². The molecule has 0 saturated carbocycles. The standard InChI is InChI=1S/C12H16N2O2/c1-2-6-12(16)8-14(9-12)11(15)10-5-3-4-7-13-10/h3-5,7,16H,2,6,8-9H2,1H3. The van der Waals surface area contributed by atoms with Crippen molar-refractivity contribution in [1.29, 1.82) is 0 Å². The number of pyridine rings is 1. The second-order valence-corrected chi connectivity index (χ2v) is 4.35. The quantitative estimate of drug-likeness (QED) is 0.829. The molecule has 0 aliphatic carbocycles. The molecular weight excluding hydrogens is 204 g/mol. The van der Waals surface area contributed by atoms with Crippen molar-refractivity contribution in [2.24, 2.45) is 0 Å². The first-order chi connectivity index (χ1) is 7.64. The first-order valence-electron chi connectivity index (χ1n) is 5.57. The summed E-state index contributed by atoms with van der Waals surface area (Å²) in [5.74, 6) is -0.0959. The molecule has 0 spiro atoms. The Kier molecular flexibility index (Phi) is 2.92. The van der Waals surface area contributed by atoms with E-state index in [-0.39, 0.29) is 5.91 Å². The lowest BCUT2D eigenvalue weighted by Gasteiger charge is -2.46. The van der Waals surface area contributed by atoms with Gasteiger partial charge in [0.25, 0.3) is 5.91 Å². The number of rotatable bonds is 3. The van der Waals surface area contributed by atoms with Gasteiger partial charge in [-0.2, -0.15) is 0 Å². The molecule has 2 heterocycles. The number of hydrogen-bond acceptors (Lipinski definition) is 3. The predicted octanol–water partition coefficient (Wildman–Crippen LogP) is 1.07. The third kappa shape index (κ3) is 2.07. The molecule has 1 aliphatic rings. The number of aromatic nitrogens is 1. The van der Waals surface area contributed by atoms with E-state index in [4.69, 9.17) is 0 Å². The smallest absolute Gasteiger partial charge is 0.272 e. The molecule has 0 unspecified atom stereocenters. The van der Waals surface area contributed by atoms with E-state index in [0.717, 1.165) is 12.8 Å². The van der Waals surface area contributed by atoms with Gasteiger partial charge in [0.05, 0.1) is 18.7 Å².